The number of carbonyl (C=O) groups is 2. The number of hydrogen-bond donors (Lipinski definition) is 1. The predicted molar refractivity (Wildman–Crippen MR) is 110 cm³/mol. The lowest BCUT2D eigenvalue weighted by Gasteiger charge is -2.05. The zero-order valence-electron chi connectivity index (χ0n) is 15.3. The van der Waals surface area contributed by atoms with Gasteiger partial charge in [0.1, 0.15) is 5.57 Å². The molecule has 4 rings (SSSR count). The Morgan fingerprint density at radius 1 is 0.821 bits per heavy atom. The summed E-state index contributed by atoms with van der Waals surface area (Å²) in [6.45, 7) is 0. The summed E-state index contributed by atoms with van der Waals surface area (Å²) in [5.74, 6) is -1.32. The Kier molecular flexibility index (Phi) is 4.85. The van der Waals surface area contributed by atoms with Crippen molar-refractivity contribution < 1.29 is 14.7 Å². The van der Waals surface area contributed by atoms with Crippen molar-refractivity contribution in [1.82, 2.24) is 0 Å². The van der Waals surface area contributed by atoms with E-state index in [1.807, 2.05) is 72.8 Å². The molecule has 0 aromatic heterocycles. The van der Waals surface area contributed by atoms with Gasteiger partial charge in [-0.05, 0) is 34.7 Å². The maximum absolute atomic E-state index is 12.7. The fraction of sp³-hybridized carbons (Fsp3) is 0.125. The van der Waals surface area contributed by atoms with Gasteiger partial charge in [0.15, 0.2) is 11.5 Å². The van der Waals surface area contributed by atoms with Crippen molar-refractivity contribution in [1.29, 1.82) is 0 Å². The van der Waals surface area contributed by atoms with E-state index in [2.05, 4.69) is 4.99 Å². The van der Waals surface area contributed by atoms with Crippen LogP contribution in [-0.2, 0) is 22.4 Å². The summed E-state index contributed by atoms with van der Waals surface area (Å²) in [6, 6.07) is 23.4. The van der Waals surface area contributed by atoms with E-state index >= 15 is 0 Å². The van der Waals surface area contributed by atoms with E-state index in [0.29, 0.717) is 12.8 Å². The average molecular weight is 369 g/mol. The molecule has 1 amide bonds. The molecule has 0 atom stereocenters. The minimum atomic E-state index is -0.647. The van der Waals surface area contributed by atoms with Gasteiger partial charge in [-0.2, -0.15) is 0 Å². The number of rotatable bonds is 6. The van der Waals surface area contributed by atoms with E-state index in [1.165, 1.54) is 0 Å². The van der Waals surface area contributed by atoms with E-state index < -0.39 is 11.7 Å². The Morgan fingerprint density at radius 2 is 1.54 bits per heavy atom. The SMILES string of the molecule is O=C(Cc1ccc2ccccc2c1)C1=C(O)C(CCc2ccccc2)=NC1=O. The summed E-state index contributed by atoms with van der Waals surface area (Å²) in [5.41, 5.74) is 1.97. The van der Waals surface area contributed by atoms with Gasteiger partial charge in [-0.3, -0.25) is 9.59 Å². The summed E-state index contributed by atoms with van der Waals surface area (Å²) in [4.78, 5) is 28.8. The van der Waals surface area contributed by atoms with E-state index in [4.69, 9.17) is 0 Å². The van der Waals surface area contributed by atoms with Crippen LogP contribution >= 0.6 is 0 Å². The average Bonchev–Trinajstić information content (AvgIpc) is 3.00. The third-order valence-corrected chi connectivity index (χ3v) is 4.91. The second-order valence-corrected chi connectivity index (χ2v) is 6.85. The maximum atomic E-state index is 12.7. The lowest BCUT2D eigenvalue weighted by Crippen LogP contribution is -2.13. The third kappa shape index (κ3) is 3.62. The van der Waals surface area contributed by atoms with Crippen LogP contribution in [0.15, 0.2) is 89.1 Å². The van der Waals surface area contributed by atoms with Gasteiger partial charge in [0, 0.05) is 6.42 Å². The molecular weight excluding hydrogens is 350 g/mol. The van der Waals surface area contributed by atoms with Gasteiger partial charge in [-0.25, -0.2) is 4.99 Å². The van der Waals surface area contributed by atoms with Crippen LogP contribution in [0.1, 0.15) is 17.5 Å². The van der Waals surface area contributed by atoms with Crippen molar-refractivity contribution in [2.24, 2.45) is 4.99 Å². The molecule has 28 heavy (non-hydrogen) atoms. The molecule has 0 saturated heterocycles. The monoisotopic (exact) mass is 369 g/mol. The molecule has 0 aliphatic carbocycles. The first-order chi connectivity index (χ1) is 13.6. The number of Topliss-reactive ketones (excluding diaryl/α,β-unsaturated/α-hetero) is 1. The molecule has 138 valence electrons. The maximum Gasteiger partial charge on any atom is 0.284 e. The molecule has 1 heterocycles. The number of aliphatic hydroxyl groups is 1. The van der Waals surface area contributed by atoms with Crippen LogP contribution in [0.5, 0.6) is 0 Å². The van der Waals surface area contributed by atoms with E-state index in [1.54, 1.807) is 0 Å². The van der Waals surface area contributed by atoms with E-state index in [9.17, 15) is 14.7 Å². The molecule has 3 aromatic rings. The molecule has 1 aliphatic heterocycles. The van der Waals surface area contributed by atoms with Crippen molar-refractivity contribution in [3.05, 3.63) is 95.3 Å². The van der Waals surface area contributed by atoms with Crippen molar-refractivity contribution in [2.75, 3.05) is 0 Å². The highest BCUT2D eigenvalue weighted by atomic mass is 16.3. The number of nitrogens with zero attached hydrogens (tertiary/aromatic N) is 1. The number of carbonyl (C=O) groups excluding carboxylic acids is 2. The number of aliphatic hydroxyl groups excluding tert-OH is 1. The molecule has 0 bridgehead atoms. The highest BCUT2D eigenvalue weighted by Gasteiger charge is 2.31. The van der Waals surface area contributed by atoms with Gasteiger partial charge in [-0.15, -0.1) is 0 Å². The molecule has 0 spiro atoms. The molecular formula is C24H19NO3. The lowest BCUT2D eigenvalue weighted by molar-refractivity contribution is -0.120. The highest BCUT2D eigenvalue weighted by Crippen LogP contribution is 2.22. The summed E-state index contributed by atoms with van der Waals surface area (Å²) >= 11 is 0. The van der Waals surface area contributed by atoms with Crippen molar-refractivity contribution in [2.45, 2.75) is 19.3 Å². The van der Waals surface area contributed by atoms with Crippen LogP contribution in [-0.4, -0.2) is 22.5 Å². The number of aryl methyl sites for hydroxylation is 1. The molecule has 0 radical (unpaired) electrons. The van der Waals surface area contributed by atoms with Gasteiger partial charge < -0.3 is 5.11 Å². The van der Waals surface area contributed by atoms with Crippen molar-refractivity contribution >= 4 is 28.2 Å². The second-order valence-electron chi connectivity index (χ2n) is 6.85. The summed E-state index contributed by atoms with van der Waals surface area (Å²) in [5, 5.41) is 12.5. The Bertz CT molecular complexity index is 1130. The number of amides is 1. The minimum absolute atomic E-state index is 0.0530. The highest BCUT2D eigenvalue weighted by molar-refractivity contribution is 6.31. The molecule has 1 aliphatic rings. The van der Waals surface area contributed by atoms with Gasteiger partial charge in [0.25, 0.3) is 5.91 Å². The lowest BCUT2D eigenvalue weighted by atomic mass is 9.98. The molecule has 3 aromatic carbocycles. The Labute approximate surface area is 162 Å². The Balaban J connectivity index is 1.49. The normalized spacial score (nSPS) is 13.9. The van der Waals surface area contributed by atoms with Crippen molar-refractivity contribution in [3.8, 4) is 0 Å². The van der Waals surface area contributed by atoms with Crippen molar-refractivity contribution in [3.63, 3.8) is 0 Å². The first-order valence-corrected chi connectivity index (χ1v) is 9.22. The standard InChI is InChI=1S/C24H19NO3/c26-21(15-17-10-12-18-8-4-5-9-19(18)14-17)22-23(27)20(25-24(22)28)13-11-16-6-2-1-3-7-16/h1-10,12,14,27H,11,13,15H2. The van der Waals surface area contributed by atoms with Crippen LogP contribution in [0, 0.1) is 0 Å². The molecule has 4 heteroatoms. The van der Waals surface area contributed by atoms with E-state index in [-0.39, 0.29) is 23.5 Å². The third-order valence-electron chi connectivity index (χ3n) is 4.91. The van der Waals surface area contributed by atoms with Crippen LogP contribution in [0.3, 0.4) is 0 Å². The van der Waals surface area contributed by atoms with Gasteiger partial charge in [0.2, 0.25) is 0 Å². The van der Waals surface area contributed by atoms with Crippen LogP contribution in [0.2, 0.25) is 0 Å². The topological polar surface area (TPSA) is 66.7 Å². The summed E-state index contributed by atoms with van der Waals surface area (Å²) < 4.78 is 0. The predicted octanol–water partition coefficient (Wildman–Crippen LogP) is 4.38. The first kappa shape index (κ1) is 17.9. The minimum Gasteiger partial charge on any atom is -0.505 e. The molecule has 0 fully saturated rings. The fourth-order valence-electron chi connectivity index (χ4n) is 3.43. The summed E-state index contributed by atoms with van der Waals surface area (Å²) in [6.07, 6.45) is 1.11. The van der Waals surface area contributed by atoms with Gasteiger partial charge in [-0.1, -0.05) is 72.8 Å². The van der Waals surface area contributed by atoms with Crippen LogP contribution < -0.4 is 0 Å². The number of aliphatic imine (C=N–C) groups is 1. The first-order valence-electron chi connectivity index (χ1n) is 9.22. The van der Waals surface area contributed by atoms with Gasteiger partial charge >= 0.3 is 0 Å². The fourth-order valence-corrected chi connectivity index (χ4v) is 3.43. The number of fused-ring (bicyclic) bond motifs is 1. The number of benzene rings is 3. The molecule has 0 unspecified atom stereocenters. The second kappa shape index (κ2) is 7.61. The Hall–Kier alpha value is -3.53. The number of allylic oxidation sites excluding steroid dienone is 1. The zero-order chi connectivity index (χ0) is 19.5. The Morgan fingerprint density at radius 3 is 2.32 bits per heavy atom. The molecule has 1 N–H and O–H groups in total. The zero-order valence-corrected chi connectivity index (χ0v) is 15.3. The quantitative estimate of drug-likeness (QED) is 0.656. The summed E-state index contributed by atoms with van der Waals surface area (Å²) in [7, 11) is 0. The number of hydrogen-bond acceptors (Lipinski definition) is 3. The van der Waals surface area contributed by atoms with E-state index in [0.717, 1.165) is 21.9 Å². The molecule has 4 nitrogen and oxygen atoms in total. The number of ketones is 1. The largest absolute Gasteiger partial charge is 0.505 e. The van der Waals surface area contributed by atoms with Crippen LogP contribution in [0.4, 0.5) is 0 Å². The van der Waals surface area contributed by atoms with Crippen LogP contribution in [0.25, 0.3) is 10.8 Å². The molecule has 0 saturated carbocycles. The smallest absolute Gasteiger partial charge is 0.284 e. The van der Waals surface area contributed by atoms with Gasteiger partial charge in [0.05, 0.1) is 5.71 Å².